The van der Waals surface area contributed by atoms with Gasteiger partial charge in [0.25, 0.3) is 0 Å². The Kier molecular flexibility index (Phi) is 5.38. The summed E-state index contributed by atoms with van der Waals surface area (Å²) in [6.07, 6.45) is 0.872. The van der Waals surface area contributed by atoms with Crippen LogP contribution >= 0.6 is 0 Å². The van der Waals surface area contributed by atoms with Crippen molar-refractivity contribution in [1.29, 1.82) is 0 Å². The molecular formula is C14H20BrNO3. The van der Waals surface area contributed by atoms with Gasteiger partial charge in [0, 0.05) is 12.0 Å². The first-order chi connectivity index (χ1) is 8.46. The number of halogens is 1. The van der Waals surface area contributed by atoms with E-state index in [1.54, 1.807) is 6.07 Å². The Bertz CT molecular complexity index is 454. The van der Waals surface area contributed by atoms with Crippen molar-refractivity contribution in [1.82, 2.24) is 0 Å². The zero-order chi connectivity index (χ0) is 13.2. The largest absolute Gasteiger partial charge is 1.00 e. The third-order valence-corrected chi connectivity index (χ3v) is 2.69. The van der Waals surface area contributed by atoms with Crippen molar-refractivity contribution in [3.8, 4) is 11.5 Å². The number of ether oxygens (including phenoxy) is 2. The Labute approximate surface area is 124 Å². The fourth-order valence-electron chi connectivity index (χ4n) is 1.86. The summed E-state index contributed by atoms with van der Waals surface area (Å²) < 4.78 is 11.7. The molecule has 0 unspecified atom stereocenters. The molecule has 0 saturated carbocycles. The number of carbonyl (C=O) groups excluding carboxylic acids is 1. The number of quaternary nitrogens is 1. The highest BCUT2D eigenvalue weighted by molar-refractivity contribution is 5.97. The van der Waals surface area contributed by atoms with Crippen LogP contribution in [0.3, 0.4) is 0 Å². The molecule has 19 heavy (non-hydrogen) atoms. The molecule has 0 aliphatic carbocycles. The van der Waals surface area contributed by atoms with Crippen LogP contribution in [0.2, 0.25) is 0 Å². The van der Waals surface area contributed by atoms with E-state index in [9.17, 15) is 4.79 Å². The van der Waals surface area contributed by atoms with E-state index in [1.807, 2.05) is 33.3 Å². The first kappa shape index (κ1) is 16.0. The molecule has 0 atom stereocenters. The van der Waals surface area contributed by atoms with Crippen LogP contribution in [0.1, 0.15) is 16.8 Å². The van der Waals surface area contributed by atoms with Crippen molar-refractivity contribution >= 4 is 5.78 Å². The highest BCUT2D eigenvalue weighted by Gasteiger charge is 2.19. The summed E-state index contributed by atoms with van der Waals surface area (Å²) >= 11 is 0. The van der Waals surface area contributed by atoms with Crippen molar-refractivity contribution in [3.05, 3.63) is 23.8 Å². The molecule has 5 heteroatoms. The smallest absolute Gasteiger partial charge is 0.217 e. The number of rotatable bonds is 3. The van der Waals surface area contributed by atoms with Gasteiger partial charge in [-0.05, 0) is 18.2 Å². The number of benzene rings is 1. The predicted molar refractivity (Wildman–Crippen MR) is 69.3 cm³/mol. The van der Waals surface area contributed by atoms with Crippen molar-refractivity contribution < 1.29 is 35.7 Å². The summed E-state index contributed by atoms with van der Waals surface area (Å²) in [6, 6.07) is 5.42. The number of carbonyl (C=O) groups is 1. The molecule has 2 rings (SSSR count). The monoisotopic (exact) mass is 329 g/mol. The molecule has 0 amide bonds. The van der Waals surface area contributed by atoms with Gasteiger partial charge in [-0.25, -0.2) is 0 Å². The molecule has 0 bridgehead atoms. The maximum absolute atomic E-state index is 12.1. The van der Waals surface area contributed by atoms with Gasteiger partial charge in [0.05, 0.1) is 34.4 Å². The van der Waals surface area contributed by atoms with E-state index in [1.165, 1.54) is 0 Å². The van der Waals surface area contributed by atoms with Crippen LogP contribution in [0.15, 0.2) is 18.2 Å². The standard InChI is InChI=1S/C14H20NO3.BrH/c1-15(2,3)10-12(16)11-5-6-13-14(9-11)18-8-4-7-17-13;/h5-6,9H,4,7-8,10H2,1-3H3;1H/q+1;/p-1. The lowest BCUT2D eigenvalue weighted by Crippen LogP contribution is -3.00. The Morgan fingerprint density at radius 2 is 1.79 bits per heavy atom. The van der Waals surface area contributed by atoms with Crippen molar-refractivity contribution in [2.24, 2.45) is 0 Å². The van der Waals surface area contributed by atoms with E-state index in [0.717, 1.165) is 12.2 Å². The van der Waals surface area contributed by atoms with Gasteiger partial charge in [-0.2, -0.15) is 0 Å². The maximum Gasteiger partial charge on any atom is 0.217 e. The maximum atomic E-state index is 12.1. The molecule has 0 fully saturated rings. The van der Waals surface area contributed by atoms with Crippen molar-refractivity contribution in [2.75, 3.05) is 40.9 Å². The fraction of sp³-hybridized carbons (Fsp3) is 0.500. The minimum absolute atomic E-state index is 0. The second kappa shape index (κ2) is 6.39. The van der Waals surface area contributed by atoms with E-state index in [4.69, 9.17) is 9.47 Å². The molecule has 0 radical (unpaired) electrons. The second-order valence-electron chi connectivity index (χ2n) is 5.58. The van der Waals surface area contributed by atoms with Gasteiger partial charge >= 0.3 is 0 Å². The SMILES string of the molecule is C[N+](C)(C)CC(=O)c1ccc2c(c1)OCCCO2.[Br-]. The summed E-state index contributed by atoms with van der Waals surface area (Å²) in [5.74, 6) is 1.53. The van der Waals surface area contributed by atoms with Crippen LogP contribution in [0.4, 0.5) is 0 Å². The van der Waals surface area contributed by atoms with Crippen molar-refractivity contribution in [3.63, 3.8) is 0 Å². The van der Waals surface area contributed by atoms with Gasteiger partial charge in [0.15, 0.2) is 11.5 Å². The van der Waals surface area contributed by atoms with Crippen LogP contribution in [-0.4, -0.2) is 51.2 Å². The number of hydrogen-bond acceptors (Lipinski definition) is 3. The number of hydrogen-bond donors (Lipinski definition) is 0. The molecule has 1 aromatic rings. The summed E-state index contributed by atoms with van der Waals surface area (Å²) in [5, 5.41) is 0. The second-order valence-corrected chi connectivity index (χ2v) is 5.58. The van der Waals surface area contributed by atoms with E-state index >= 15 is 0 Å². The van der Waals surface area contributed by atoms with Gasteiger partial charge in [0.2, 0.25) is 5.78 Å². The minimum atomic E-state index is 0. The summed E-state index contributed by atoms with van der Waals surface area (Å²) in [5.41, 5.74) is 0.687. The van der Waals surface area contributed by atoms with Gasteiger partial charge in [-0.1, -0.05) is 0 Å². The van der Waals surface area contributed by atoms with E-state index in [-0.39, 0.29) is 22.8 Å². The van der Waals surface area contributed by atoms with Crippen LogP contribution in [0.5, 0.6) is 11.5 Å². The van der Waals surface area contributed by atoms with E-state index in [0.29, 0.717) is 35.6 Å². The van der Waals surface area contributed by atoms with Gasteiger partial charge in [0.1, 0.15) is 6.54 Å². The normalized spacial score (nSPS) is 14.3. The van der Waals surface area contributed by atoms with E-state index in [2.05, 4.69) is 0 Å². The molecule has 1 heterocycles. The number of nitrogens with zero attached hydrogens (tertiary/aromatic N) is 1. The quantitative estimate of drug-likeness (QED) is 0.513. The number of fused-ring (bicyclic) bond motifs is 1. The zero-order valence-electron chi connectivity index (χ0n) is 11.6. The lowest BCUT2D eigenvalue weighted by molar-refractivity contribution is -0.861. The lowest BCUT2D eigenvalue weighted by Gasteiger charge is -2.22. The molecule has 1 aromatic carbocycles. The number of likely N-dealkylation sites (N-methyl/N-ethyl adjacent to an activating group) is 1. The highest BCUT2D eigenvalue weighted by Crippen LogP contribution is 2.30. The molecule has 0 aromatic heterocycles. The molecular weight excluding hydrogens is 310 g/mol. The molecule has 106 valence electrons. The summed E-state index contributed by atoms with van der Waals surface area (Å²) in [4.78, 5) is 12.1. The highest BCUT2D eigenvalue weighted by atomic mass is 79.9. The molecule has 0 saturated heterocycles. The Balaban J connectivity index is 0.00000180. The van der Waals surface area contributed by atoms with Gasteiger partial charge in [-0.15, -0.1) is 0 Å². The zero-order valence-corrected chi connectivity index (χ0v) is 13.2. The summed E-state index contributed by atoms with van der Waals surface area (Å²) in [6.45, 7) is 1.78. The van der Waals surface area contributed by atoms with E-state index < -0.39 is 0 Å². The molecule has 1 aliphatic rings. The predicted octanol–water partition coefficient (Wildman–Crippen LogP) is -1.26. The van der Waals surface area contributed by atoms with Crippen LogP contribution in [0, 0.1) is 0 Å². The Hall–Kier alpha value is -1.07. The number of Topliss-reactive ketones (excluding diaryl/α,β-unsaturated/α-hetero) is 1. The van der Waals surface area contributed by atoms with Crippen LogP contribution in [-0.2, 0) is 0 Å². The Morgan fingerprint density at radius 1 is 1.16 bits per heavy atom. The van der Waals surface area contributed by atoms with Crippen LogP contribution < -0.4 is 26.5 Å². The average molecular weight is 330 g/mol. The minimum Gasteiger partial charge on any atom is -1.00 e. The van der Waals surface area contributed by atoms with Gasteiger partial charge in [-0.3, -0.25) is 4.79 Å². The fourth-order valence-corrected chi connectivity index (χ4v) is 1.86. The van der Waals surface area contributed by atoms with Gasteiger partial charge < -0.3 is 30.9 Å². The lowest BCUT2D eigenvalue weighted by atomic mass is 10.1. The number of ketones is 1. The third kappa shape index (κ3) is 4.51. The molecule has 0 N–H and O–H groups in total. The molecule has 1 aliphatic heterocycles. The third-order valence-electron chi connectivity index (χ3n) is 2.69. The molecule has 4 nitrogen and oxygen atoms in total. The first-order valence-corrected chi connectivity index (χ1v) is 6.19. The van der Waals surface area contributed by atoms with Crippen molar-refractivity contribution in [2.45, 2.75) is 6.42 Å². The molecule has 0 spiro atoms. The summed E-state index contributed by atoms with van der Waals surface area (Å²) in [7, 11) is 6.00. The van der Waals surface area contributed by atoms with Crippen LogP contribution in [0.25, 0.3) is 0 Å². The average Bonchev–Trinajstić information content (AvgIpc) is 2.50. The first-order valence-electron chi connectivity index (χ1n) is 6.19. The topological polar surface area (TPSA) is 35.5 Å². The Morgan fingerprint density at radius 3 is 2.42 bits per heavy atom.